The van der Waals surface area contributed by atoms with Crippen LogP contribution in [0.3, 0.4) is 0 Å². The summed E-state index contributed by atoms with van der Waals surface area (Å²) < 4.78 is 5.40. The predicted molar refractivity (Wildman–Crippen MR) is 64.9 cm³/mol. The van der Waals surface area contributed by atoms with Gasteiger partial charge in [-0.3, -0.25) is 0 Å². The first-order chi connectivity index (χ1) is 6.34. The quantitative estimate of drug-likeness (QED) is 0.545. The highest BCUT2D eigenvalue weighted by atomic mass is 79.9. The van der Waals surface area contributed by atoms with Crippen molar-refractivity contribution in [3.63, 3.8) is 0 Å². The number of thiophene rings is 2. The first-order valence-electron chi connectivity index (χ1n) is 3.91. The Hall–Kier alpha value is -0.380. The van der Waals surface area contributed by atoms with E-state index < -0.39 is 0 Å². The summed E-state index contributed by atoms with van der Waals surface area (Å²) in [4.78, 5) is 0. The summed E-state index contributed by atoms with van der Waals surface area (Å²) >= 11 is 7.19. The molecule has 0 radical (unpaired) electrons. The molecule has 2 aromatic heterocycles. The summed E-state index contributed by atoms with van der Waals surface area (Å²) in [7, 11) is 0. The Balaban J connectivity index is 2.60. The van der Waals surface area contributed by atoms with Crippen molar-refractivity contribution in [3.05, 3.63) is 34.1 Å². The molecule has 0 saturated carbocycles. The lowest BCUT2D eigenvalue weighted by Gasteiger charge is -1.85. The van der Waals surface area contributed by atoms with Crippen molar-refractivity contribution in [2.24, 2.45) is 0 Å². The Morgan fingerprint density at radius 3 is 2.77 bits per heavy atom. The largest absolute Gasteiger partial charge is 0.134 e. The third-order valence-corrected chi connectivity index (χ3v) is 4.94. The summed E-state index contributed by atoms with van der Waals surface area (Å²) in [6.45, 7) is 0. The highest BCUT2D eigenvalue weighted by Crippen LogP contribution is 2.40. The Morgan fingerprint density at radius 1 is 1.00 bits per heavy atom. The SMILES string of the molecule is Brc1cc2sc3ccccc3c2s1. The van der Waals surface area contributed by atoms with Crippen LogP contribution in [-0.2, 0) is 0 Å². The Bertz CT molecular complexity index is 577. The van der Waals surface area contributed by atoms with E-state index in [-0.39, 0.29) is 0 Å². The van der Waals surface area contributed by atoms with E-state index in [4.69, 9.17) is 0 Å². The minimum atomic E-state index is 1.22. The van der Waals surface area contributed by atoms with Gasteiger partial charge in [-0.1, -0.05) is 18.2 Å². The van der Waals surface area contributed by atoms with E-state index in [1.165, 1.54) is 23.3 Å². The highest BCUT2D eigenvalue weighted by Gasteiger charge is 2.06. The molecule has 3 aromatic rings. The van der Waals surface area contributed by atoms with Gasteiger partial charge in [0.15, 0.2) is 0 Å². The molecule has 0 aliphatic carbocycles. The van der Waals surface area contributed by atoms with Gasteiger partial charge in [-0.05, 0) is 28.1 Å². The minimum absolute atomic E-state index is 1.22. The zero-order chi connectivity index (χ0) is 8.84. The van der Waals surface area contributed by atoms with Gasteiger partial charge in [-0.2, -0.15) is 0 Å². The highest BCUT2D eigenvalue weighted by molar-refractivity contribution is 9.11. The molecular weight excluding hydrogens is 264 g/mol. The first kappa shape index (κ1) is 7.97. The number of benzene rings is 1. The van der Waals surface area contributed by atoms with E-state index in [1.54, 1.807) is 0 Å². The number of hydrogen-bond acceptors (Lipinski definition) is 2. The van der Waals surface area contributed by atoms with Crippen LogP contribution in [0.2, 0.25) is 0 Å². The van der Waals surface area contributed by atoms with Gasteiger partial charge in [0.1, 0.15) is 0 Å². The molecule has 0 spiro atoms. The number of hydrogen-bond donors (Lipinski definition) is 0. The maximum absolute atomic E-state index is 3.51. The van der Waals surface area contributed by atoms with E-state index in [9.17, 15) is 0 Å². The molecule has 0 atom stereocenters. The van der Waals surface area contributed by atoms with Crippen LogP contribution < -0.4 is 0 Å². The molecule has 2 heterocycles. The standard InChI is InChI=1S/C10H5BrS2/c11-9-5-8-10(13-9)6-3-1-2-4-7(6)12-8/h1-5H. The van der Waals surface area contributed by atoms with E-state index in [0.29, 0.717) is 0 Å². The van der Waals surface area contributed by atoms with Crippen LogP contribution in [0.1, 0.15) is 0 Å². The zero-order valence-electron chi connectivity index (χ0n) is 6.58. The van der Waals surface area contributed by atoms with Crippen molar-refractivity contribution >= 4 is 58.1 Å². The van der Waals surface area contributed by atoms with Crippen LogP contribution in [0.25, 0.3) is 19.5 Å². The lowest BCUT2D eigenvalue weighted by molar-refractivity contribution is 1.87. The maximum atomic E-state index is 3.51. The lowest BCUT2D eigenvalue weighted by Crippen LogP contribution is -1.58. The molecule has 0 bridgehead atoms. The van der Waals surface area contributed by atoms with Crippen LogP contribution in [0, 0.1) is 0 Å². The van der Waals surface area contributed by atoms with Crippen molar-refractivity contribution in [3.8, 4) is 0 Å². The molecule has 3 rings (SSSR count). The third kappa shape index (κ3) is 1.15. The molecule has 3 heteroatoms. The topological polar surface area (TPSA) is 0 Å². The van der Waals surface area contributed by atoms with E-state index in [2.05, 4.69) is 46.3 Å². The normalized spacial score (nSPS) is 11.5. The summed E-state index contributed by atoms with van der Waals surface area (Å²) in [5.74, 6) is 0. The summed E-state index contributed by atoms with van der Waals surface area (Å²) in [6.07, 6.45) is 0. The van der Waals surface area contributed by atoms with Crippen LogP contribution >= 0.6 is 38.6 Å². The zero-order valence-corrected chi connectivity index (χ0v) is 9.80. The summed E-state index contributed by atoms with van der Waals surface area (Å²) in [5, 5.41) is 1.39. The molecule has 0 N–H and O–H groups in total. The Morgan fingerprint density at radius 2 is 1.85 bits per heavy atom. The van der Waals surface area contributed by atoms with Gasteiger partial charge in [0.25, 0.3) is 0 Å². The van der Waals surface area contributed by atoms with Crippen molar-refractivity contribution in [1.29, 1.82) is 0 Å². The second-order valence-corrected chi connectivity index (χ2v) is 6.36. The number of fused-ring (bicyclic) bond motifs is 3. The van der Waals surface area contributed by atoms with Gasteiger partial charge in [0.05, 0.1) is 8.49 Å². The van der Waals surface area contributed by atoms with Crippen LogP contribution in [0.4, 0.5) is 0 Å². The Labute approximate surface area is 91.9 Å². The third-order valence-electron chi connectivity index (χ3n) is 2.02. The van der Waals surface area contributed by atoms with Gasteiger partial charge >= 0.3 is 0 Å². The Kier molecular flexibility index (Phi) is 1.72. The second-order valence-electron chi connectivity index (χ2n) is 2.84. The lowest BCUT2D eigenvalue weighted by atomic mass is 10.2. The molecule has 0 aliphatic rings. The summed E-state index contributed by atoms with van der Waals surface area (Å²) in [5.41, 5.74) is 0. The molecule has 0 unspecified atom stereocenters. The molecule has 13 heavy (non-hydrogen) atoms. The molecule has 0 saturated heterocycles. The van der Waals surface area contributed by atoms with Crippen LogP contribution in [0.5, 0.6) is 0 Å². The molecule has 1 aromatic carbocycles. The van der Waals surface area contributed by atoms with Crippen molar-refractivity contribution < 1.29 is 0 Å². The fraction of sp³-hybridized carbons (Fsp3) is 0. The average molecular weight is 269 g/mol. The van der Waals surface area contributed by atoms with Gasteiger partial charge < -0.3 is 0 Å². The maximum Gasteiger partial charge on any atom is 0.0719 e. The van der Waals surface area contributed by atoms with Crippen LogP contribution in [0.15, 0.2) is 34.1 Å². The van der Waals surface area contributed by atoms with Crippen molar-refractivity contribution in [2.45, 2.75) is 0 Å². The minimum Gasteiger partial charge on any atom is -0.134 e. The van der Waals surface area contributed by atoms with E-state index >= 15 is 0 Å². The smallest absolute Gasteiger partial charge is 0.0719 e. The van der Waals surface area contributed by atoms with Gasteiger partial charge in [-0.25, -0.2) is 0 Å². The number of halogens is 1. The summed E-state index contributed by atoms with van der Waals surface area (Å²) in [6, 6.07) is 10.8. The van der Waals surface area contributed by atoms with Crippen molar-refractivity contribution in [2.75, 3.05) is 0 Å². The number of rotatable bonds is 0. The van der Waals surface area contributed by atoms with Crippen molar-refractivity contribution in [1.82, 2.24) is 0 Å². The molecule has 0 nitrogen and oxygen atoms in total. The fourth-order valence-electron chi connectivity index (χ4n) is 1.47. The van der Waals surface area contributed by atoms with E-state index in [0.717, 1.165) is 0 Å². The van der Waals surface area contributed by atoms with Gasteiger partial charge in [0.2, 0.25) is 0 Å². The fourth-order valence-corrected chi connectivity index (χ4v) is 4.59. The molecule has 64 valence electrons. The van der Waals surface area contributed by atoms with E-state index in [1.807, 2.05) is 22.7 Å². The molecule has 0 amide bonds. The first-order valence-corrected chi connectivity index (χ1v) is 6.34. The average Bonchev–Trinajstić information content (AvgIpc) is 2.60. The van der Waals surface area contributed by atoms with Crippen LogP contribution in [-0.4, -0.2) is 0 Å². The second kappa shape index (κ2) is 2.80. The monoisotopic (exact) mass is 268 g/mol. The molecule has 0 aliphatic heterocycles. The molecule has 0 fully saturated rings. The predicted octanol–water partition coefficient (Wildman–Crippen LogP) is 4.88. The van der Waals surface area contributed by atoms with Gasteiger partial charge in [0, 0.05) is 14.8 Å². The van der Waals surface area contributed by atoms with Gasteiger partial charge in [-0.15, -0.1) is 22.7 Å². The molecular formula is C10H5BrS2.